The van der Waals surface area contributed by atoms with Crippen molar-refractivity contribution >= 4 is 23.5 Å². The normalized spacial score (nSPS) is 10.4. The van der Waals surface area contributed by atoms with Crippen LogP contribution >= 0.6 is 0 Å². The van der Waals surface area contributed by atoms with Crippen LogP contribution in [-0.2, 0) is 22.5 Å². The molecule has 2 aromatic rings. The van der Waals surface area contributed by atoms with Crippen molar-refractivity contribution in [1.29, 1.82) is 0 Å². The van der Waals surface area contributed by atoms with Crippen LogP contribution in [0.25, 0.3) is 0 Å². The number of nitrogens with zero attached hydrogens (tertiary/aromatic N) is 2. The lowest BCUT2D eigenvalue weighted by atomic mass is 10.1. The maximum atomic E-state index is 11.8. The van der Waals surface area contributed by atoms with E-state index >= 15 is 0 Å². The second-order valence-corrected chi connectivity index (χ2v) is 7.62. The van der Waals surface area contributed by atoms with Crippen molar-refractivity contribution in [3.05, 3.63) is 54.4 Å². The van der Waals surface area contributed by atoms with Crippen molar-refractivity contribution in [2.45, 2.75) is 71.3 Å². The number of rotatable bonds is 14. The number of nitrogens with one attached hydrogen (secondary N) is 1. The van der Waals surface area contributed by atoms with E-state index in [1.807, 2.05) is 0 Å². The first-order chi connectivity index (χ1) is 15.2. The van der Waals surface area contributed by atoms with Gasteiger partial charge in [-0.05, 0) is 49.9 Å². The van der Waals surface area contributed by atoms with Crippen LogP contribution in [0.2, 0.25) is 0 Å². The molecule has 6 nitrogen and oxygen atoms in total. The van der Waals surface area contributed by atoms with E-state index < -0.39 is 6.09 Å². The molecule has 0 radical (unpaired) electrons. The molecule has 0 aliphatic carbocycles. The summed E-state index contributed by atoms with van der Waals surface area (Å²) >= 11 is 0. The number of pyridine rings is 1. The second-order valence-electron chi connectivity index (χ2n) is 7.62. The molecular weight excluding hydrogens is 390 g/mol. The summed E-state index contributed by atoms with van der Waals surface area (Å²) in [5.41, 5.74) is 2.51. The van der Waals surface area contributed by atoms with E-state index in [1.165, 1.54) is 37.5 Å². The number of carbonyl (C=O) groups is 1. The first-order valence-electron chi connectivity index (χ1n) is 11.3. The van der Waals surface area contributed by atoms with Crippen molar-refractivity contribution in [1.82, 2.24) is 0 Å². The number of hydrogen-bond donors (Lipinski definition) is 1. The second kappa shape index (κ2) is 14.9. The first kappa shape index (κ1) is 24.3. The van der Waals surface area contributed by atoms with Gasteiger partial charge < -0.3 is 4.74 Å². The van der Waals surface area contributed by atoms with Gasteiger partial charge in [0.25, 0.3) is 0 Å². The molecule has 0 spiro atoms. The van der Waals surface area contributed by atoms with Crippen LogP contribution in [0.3, 0.4) is 0 Å². The highest BCUT2D eigenvalue weighted by atomic mass is 16.5. The Morgan fingerprint density at radius 1 is 1.00 bits per heavy atom. The molecule has 6 heteroatoms. The van der Waals surface area contributed by atoms with Gasteiger partial charge in [-0.2, -0.15) is 4.99 Å². The molecule has 2 rings (SSSR count). The summed E-state index contributed by atoms with van der Waals surface area (Å²) < 4.78 is 7.61. The molecule has 1 aromatic heterocycles. The monoisotopic (exact) mass is 424 g/mol. The number of amides is 1. The summed E-state index contributed by atoms with van der Waals surface area (Å²) in [6, 6.07) is 13.0. The van der Waals surface area contributed by atoms with E-state index in [2.05, 4.69) is 46.2 Å². The van der Waals surface area contributed by atoms with E-state index in [0.717, 1.165) is 38.6 Å². The van der Waals surface area contributed by atoms with Crippen molar-refractivity contribution in [3.63, 3.8) is 0 Å². The Morgan fingerprint density at radius 2 is 1.77 bits per heavy atom. The maximum absolute atomic E-state index is 11.8. The lowest BCUT2D eigenvalue weighted by Gasteiger charge is -2.07. The molecule has 1 aromatic carbocycles. The molecule has 0 atom stereocenters. The molecular formula is C25H34N3O3+. The van der Waals surface area contributed by atoms with Crippen LogP contribution in [0.5, 0.6) is 0 Å². The van der Waals surface area contributed by atoms with Gasteiger partial charge in [0.1, 0.15) is 6.54 Å². The largest absolute Gasteiger partial charge is 0.449 e. The molecule has 1 amide bonds. The van der Waals surface area contributed by atoms with Crippen molar-refractivity contribution in [2.75, 3.05) is 11.9 Å². The fourth-order valence-electron chi connectivity index (χ4n) is 3.42. The molecule has 0 saturated carbocycles. The predicted molar refractivity (Wildman–Crippen MR) is 122 cm³/mol. The molecule has 0 saturated heterocycles. The fourth-order valence-corrected chi connectivity index (χ4v) is 3.42. The van der Waals surface area contributed by atoms with Crippen LogP contribution in [0.15, 0.2) is 53.7 Å². The zero-order chi connectivity index (χ0) is 22.2. The summed E-state index contributed by atoms with van der Waals surface area (Å²) in [6.45, 7) is 3.68. The van der Waals surface area contributed by atoms with Crippen LogP contribution < -0.4 is 9.88 Å². The highest BCUT2D eigenvalue weighted by Gasteiger charge is 2.09. The molecule has 31 heavy (non-hydrogen) atoms. The number of unbranched alkanes of at least 4 members (excludes halogenated alkanes) is 6. The Kier molecular flexibility index (Phi) is 11.7. The van der Waals surface area contributed by atoms with Gasteiger partial charge in [0.15, 0.2) is 11.9 Å². The molecule has 1 N–H and O–H groups in total. The summed E-state index contributed by atoms with van der Waals surface area (Å²) in [5, 5.41) is 2.66. The Morgan fingerprint density at radius 3 is 2.55 bits per heavy atom. The van der Waals surface area contributed by atoms with Crippen LogP contribution in [0, 0.1) is 0 Å². The number of benzene rings is 1. The highest BCUT2D eigenvalue weighted by Crippen LogP contribution is 2.15. The molecule has 166 valence electrons. The first-order valence-corrected chi connectivity index (χ1v) is 11.3. The smallest absolute Gasteiger partial charge is 0.411 e. The zero-order valence-corrected chi connectivity index (χ0v) is 18.5. The van der Waals surface area contributed by atoms with E-state index in [0.29, 0.717) is 18.0 Å². The summed E-state index contributed by atoms with van der Waals surface area (Å²) in [6.07, 6.45) is 13.6. The topological polar surface area (TPSA) is 71.6 Å². The SMILES string of the molecule is CCCCCCc1cccc[n+]1CCCCCCOC(=O)Nc1ccc(N=C=O)cc1. The Hall–Kier alpha value is -2.98. The van der Waals surface area contributed by atoms with Crippen molar-refractivity contribution < 1.29 is 18.9 Å². The van der Waals surface area contributed by atoms with Gasteiger partial charge in [-0.15, -0.1) is 0 Å². The summed E-state index contributed by atoms with van der Waals surface area (Å²) in [4.78, 5) is 25.6. The van der Waals surface area contributed by atoms with Gasteiger partial charge in [0.05, 0.1) is 12.3 Å². The minimum atomic E-state index is -0.473. The number of ether oxygens (including phenoxy) is 1. The maximum Gasteiger partial charge on any atom is 0.411 e. The molecule has 1 heterocycles. The lowest BCUT2D eigenvalue weighted by molar-refractivity contribution is -0.704. The number of aryl methyl sites for hydroxylation is 2. The van der Waals surface area contributed by atoms with Crippen molar-refractivity contribution in [3.8, 4) is 0 Å². The summed E-state index contributed by atoms with van der Waals surface area (Å²) in [5.74, 6) is 0. The van der Waals surface area contributed by atoms with E-state index in [9.17, 15) is 9.59 Å². The van der Waals surface area contributed by atoms with Gasteiger partial charge in [0.2, 0.25) is 6.08 Å². The van der Waals surface area contributed by atoms with Crippen LogP contribution in [0.1, 0.15) is 64.0 Å². The number of aliphatic imine (C=N–C) groups is 1. The third kappa shape index (κ3) is 10.1. The molecule has 0 aliphatic heterocycles. The third-order valence-electron chi connectivity index (χ3n) is 5.14. The minimum Gasteiger partial charge on any atom is -0.449 e. The standard InChI is InChI=1S/C25H33N3O3/c1-2-3-4-7-12-24-13-8-10-19-28(24)18-9-5-6-11-20-31-25(30)27-23-16-14-22(15-17-23)26-21-29/h8,10,13-17,19H,2-7,9,11-12,18,20H2,1H3/p+1. The van der Waals surface area contributed by atoms with Crippen molar-refractivity contribution in [2.24, 2.45) is 4.99 Å². The molecule has 0 aliphatic rings. The molecule has 0 unspecified atom stereocenters. The Balaban J connectivity index is 1.57. The van der Waals surface area contributed by atoms with Gasteiger partial charge in [-0.25, -0.2) is 14.2 Å². The van der Waals surface area contributed by atoms with Gasteiger partial charge in [0, 0.05) is 30.7 Å². The molecule has 0 fully saturated rings. The van der Waals surface area contributed by atoms with E-state index in [1.54, 1.807) is 24.3 Å². The lowest BCUT2D eigenvalue weighted by Crippen LogP contribution is -2.37. The van der Waals surface area contributed by atoms with Gasteiger partial charge in [-0.1, -0.05) is 32.3 Å². The van der Waals surface area contributed by atoms with Crippen LogP contribution in [0.4, 0.5) is 16.2 Å². The quantitative estimate of drug-likeness (QED) is 0.178. The zero-order valence-electron chi connectivity index (χ0n) is 18.5. The number of hydrogen-bond acceptors (Lipinski definition) is 4. The van der Waals surface area contributed by atoms with Gasteiger partial charge in [-0.3, -0.25) is 5.32 Å². The van der Waals surface area contributed by atoms with Gasteiger partial charge >= 0.3 is 6.09 Å². The fraction of sp³-hybridized carbons (Fsp3) is 0.480. The number of aromatic nitrogens is 1. The minimum absolute atomic E-state index is 0.403. The number of carbonyl (C=O) groups excluding carboxylic acids is 2. The number of anilines is 1. The highest BCUT2D eigenvalue weighted by molar-refractivity contribution is 5.84. The molecule has 0 bridgehead atoms. The van der Waals surface area contributed by atoms with E-state index in [-0.39, 0.29) is 0 Å². The third-order valence-corrected chi connectivity index (χ3v) is 5.14. The average molecular weight is 425 g/mol. The Bertz CT molecular complexity index is 830. The van der Waals surface area contributed by atoms with Crippen LogP contribution in [-0.4, -0.2) is 18.8 Å². The Labute approximate surface area is 185 Å². The summed E-state index contributed by atoms with van der Waals surface area (Å²) in [7, 11) is 0. The van der Waals surface area contributed by atoms with E-state index in [4.69, 9.17) is 4.74 Å². The average Bonchev–Trinajstić information content (AvgIpc) is 2.78. The predicted octanol–water partition coefficient (Wildman–Crippen LogP) is 5.87. The number of isocyanates is 1.